The second-order valence-electron chi connectivity index (χ2n) is 11.4. The van der Waals surface area contributed by atoms with Crippen molar-refractivity contribution in [3.63, 3.8) is 0 Å². The van der Waals surface area contributed by atoms with Crippen molar-refractivity contribution in [2.45, 2.75) is 48.8 Å². The van der Waals surface area contributed by atoms with Gasteiger partial charge < -0.3 is 5.32 Å². The van der Waals surface area contributed by atoms with E-state index in [2.05, 4.69) is 24.4 Å². The average molecular weight is 610 g/mol. The largest absolute Gasteiger partial charge is 0.378 e. The first-order chi connectivity index (χ1) is 20.1. The van der Waals surface area contributed by atoms with E-state index >= 15 is 0 Å². The summed E-state index contributed by atoms with van der Waals surface area (Å²) in [7, 11) is -7.16. The number of piperidine rings is 2. The van der Waals surface area contributed by atoms with E-state index in [4.69, 9.17) is 0 Å². The molecule has 0 unspecified atom stereocenters. The van der Waals surface area contributed by atoms with Crippen molar-refractivity contribution >= 4 is 31.5 Å². The maximum Gasteiger partial charge on any atom is 0.243 e. The fourth-order valence-corrected chi connectivity index (χ4v) is 8.61. The van der Waals surface area contributed by atoms with Crippen LogP contribution in [0.4, 0.5) is 5.69 Å². The zero-order chi connectivity index (χ0) is 29.7. The number of ketones is 1. The molecule has 42 heavy (non-hydrogen) atoms. The molecule has 3 aromatic carbocycles. The van der Waals surface area contributed by atoms with Crippen LogP contribution in [0.1, 0.15) is 48.5 Å². The number of hydrogen-bond acceptors (Lipinski definition) is 6. The zero-order valence-corrected chi connectivity index (χ0v) is 25.6. The van der Waals surface area contributed by atoms with Crippen LogP contribution in [0.2, 0.25) is 0 Å². The predicted molar refractivity (Wildman–Crippen MR) is 164 cm³/mol. The van der Waals surface area contributed by atoms with E-state index in [1.807, 2.05) is 18.2 Å². The number of Topliss-reactive ketones (excluding diaryl/α,β-unsaturated/α-hetero) is 1. The highest BCUT2D eigenvalue weighted by atomic mass is 32.2. The smallest absolute Gasteiger partial charge is 0.243 e. The van der Waals surface area contributed by atoms with Crippen molar-refractivity contribution in [3.8, 4) is 0 Å². The standard InChI is InChI=1S/C32H39N3O5S2/c1-25-15-19-34(20-16-25)41(37,38)30-11-7-28(8-12-30)32(36)24-33-29-9-13-31(14-10-29)42(39,40)35-21-17-27(18-22-35)23-26-5-3-2-4-6-26/h2-14,25,27,33H,15-24H2,1H3. The van der Waals surface area contributed by atoms with Gasteiger partial charge in [-0.3, -0.25) is 4.79 Å². The van der Waals surface area contributed by atoms with Crippen LogP contribution in [0.15, 0.2) is 88.7 Å². The molecule has 2 heterocycles. The van der Waals surface area contributed by atoms with Crippen molar-refractivity contribution in [1.29, 1.82) is 0 Å². The van der Waals surface area contributed by atoms with Gasteiger partial charge in [0.05, 0.1) is 16.3 Å². The summed E-state index contributed by atoms with van der Waals surface area (Å²) in [6.07, 6.45) is 4.33. The second kappa shape index (κ2) is 13.1. The number of carbonyl (C=O) groups excluding carboxylic acids is 1. The van der Waals surface area contributed by atoms with Gasteiger partial charge in [0.2, 0.25) is 20.0 Å². The van der Waals surface area contributed by atoms with Crippen LogP contribution in [0, 0.1) is 11.8 Å². The Kier molecular flexibility index (Phi) is 9.47. The number of benzene rings is 3. The van der Waals surface area contributed by atoms with Crippen LogP contribution in [0.25, 0.3) is 0 Å². The number of hydrogen-bond donors (Lipinski definition) is 1. The molecule has 1 N–H and O–H groups in total. The third-order valence-electron chi connectivity index (χ3n) is 8.44. The molecule has 3 aromatic rings. The number of nitrogens with zero attached hydrogens (tertiary/aromatic N) is 2. The molecule has 8 nitrogen and oxygen atoms in total. The Morgan fingerprint density at radius 1 is 0.714 bits per heavy atom. The highest BCUT2D eigenvalue weighted by Gasteiger charge is 2.30. The summed E-state index contributed by atoms with van der Waals surface area (Å²) >= 11 is 0. The van der Waals surface area contributed by atoms with E-state index in [9.17, 15) is 21.6 Å². The van der Waals surface area contributed by atoms with E-state index in [1.54, 1.807) is 40.7 Å². The van der Waals surface area contributed by atoms with Gasteiger partial charge in [0, 0.05) is 37.4 Å². The fraction of sp³-hybridized carbons (Fsp3) is 0.406. The second-order valence-corrected chi connectivity index (χ2v) is 15.3. The van der Waals surface area contributed by atoms with Crippen LogP contribution in [-0.2, 0) is 26.5 Å². The molecule has 0 radical (unpaired) electrons. The molecule has 2 fully saturated rings. The summed E-state index contributed by atoms with van der Waals surface area (Å²) in [5, 5.41) is 3.05. The quantitative estimate of drug-likeness (QED) is 0.323. The number of sulfonamides is 2. The molecular formula is C32H39N3O5S2. The van der Waals surface area contributed by atoms with Crippen molar-refractivity contribution < 1.29 is 21.6 Å². The normalized spacial score (nSPS) is 18.1. The first-order valence-electron chi connectivity index (χ1n) is 14.6. The maximum absolute atomic E-state index is 13.2. The summed E-state index contributed by atoms with van der Waals surface area (Å²) in [5.41, 5.74) is 2.32. The highest BCUT2D eigenvalue weighted by molar-refractivity contribution is 7.89. The Morgan fingerprint density at radius 2 is 1.21 bits per heavy atom. The van der Waals surface area contributed by atoms with Gasteiger partial charge in [-0.05, 0) is 98.0 Å². The van der Waals surface area contributed by atoms with Gasteiger partial charge >= 0.3 is 0 Å². The Hall–Kier alpha value is -3.05. The molecule has 5 rings (SSSR count). The van der Waals surface area contributed by atoms with E-state index in [-0.39, 0.29) is 22.1 Å². The van der Waals surface area contributed by atoms with E-state index in [0.717, 1.165) is 32.1 Å². The molecular weight excluding hydrogens is 571 g/mol. The number of anilines is 1. The zero-order valence-electron chi connectivity index (χ0n) is 24.0. The lowest BCUT2D eigenvalue weighted by Gasteiger charge is -2.31. The van der Waals surface area contributed by atoms with Gasteiger partial charge in [-0.1, -0.05) is 37.3 Å². The van der Waals surface area contributed by atoms with Crippen LogP contribution in [-0.4, -0.2) is 64.0 Å². The number of carbonyl (C=O) groups is 1. The lowest BCUT2D eigenvalue weighted by molar-refractivity contribution is 0.101. The Labute approximate surface area is 249 Å². The molecule has 0 spiro atoms. The molecule has 0 saturated carbocycles. The molecule has 2 aliphatic heterocycles. The molecule has 0 aliphatic carbocycles. The summed E-state index contributed by atoms with van der Waals surface area (Å²) in [5.74, 6) is 0.806. The molecule has 0 aromatic heterocycles. The third kappa shape index (κ3) is 7.11. The third-order valence-corrected chi connectivity index (χ3v) is 12.3. The molecule has 2 aliphatic rings. The van der Waals surface area contributed by atoms with Crippen LogP contribution in [0.5, 0.6) is 0 Å². The molecule has 2 saturated heterocycles. The van der Waals surface area contributed by atoms with Crippen molar-refractivity contribution in [2.75, 3.05) is 38.0 Å². The van der Waals surface area contributed by atoms with Gasteiger partial charge in [0.15, 0.2) is 5.78 Å². The minimum absolute atomic E-state index is 0.00284. The van der Waals surface area contributed by atoms with E-state index in [0.29, 0.717) is 49.3 Å². The molecule has 0 atom stereocenters. The summed E-state index contributed by atoms with van der Waals surface area (Å²) in [6.45, 7) is 4.17. The molecule has 10 heteroatoms. The lowest BCUT2D eigenvalue weighted by Crippen LogP contribution is -2.38. The Balaban J connectivity index is 1.12. The summed E-state index contributed by atoms with van der Waals surface area (Å²) < 4.78 is 55.4. The van der Waals surface area contributed by atoms with Gasteiger partial charge in [-0.25, -0.2) is 16.8 Å². The Morgan fingerprint density at radius 3 is 1.76 bits per heavy atom. The van der Waals surface area contributed by atoms with Gasteiger partial charge in [-0.2, -0.15) is 8.61 Å². The van der Waals surface area contributed by atoms with Crippen molar-refractivity contribution in [3.05, 3.63) is 90.0 Å². The topological polar surface area (TPSA) is 104 Å². The average Bonchev–Trinajstić information content (AvgIpc) is 3.01. The van der Waals surface area contributed by atoms with Crippen LogP contribution < -0.4 is 5.32 Å². The minimum atomic E-state index is -3.59. The predicted octanol–water partition coefficient (Wildman–Crippen LogP) is 5.05. The fourth-order valence-electron chi connectivity index (χ4n) is 5.67. The minimum Gasteiger partial charge on any atom is -0.378 e. The first-order valence-corrected chi connectivity index (χ1v) is 17.5. The lowest BCUT2D eigenvalue weighted by atomic mass is 9.91. The van der Waals surface area contributed by atoms with Gasteiger partial charge in [0.25, 0.3) is 0 Å². The van der Waals surface area contributed by atoms with Crippen LogP contribution >= 0.6 is 0 Å². The van der Waals surface area contributed by atoms with Crippen molar-refractivity contribution in [2.24, 2.45) is 11.8 Å². The maximum atomic E-state index is 13.2. The van der Waals surface area contributed by atoms with Crippen LogP contribution in [0.3, 0.4) is 0 Å². The molecule has 224 valence electrons. The van der Waals surface area contributed by atoms with E-state index < -0.39 is 20.0 Å². The first kappa shape index (κ1) is 30.4. The summed E-state index contributed by atoms with van der Waals surface area (Å²) in [4.78, 5) is 13.2. The van der Waals surface area contributed by atoms with Gasteiger partial charge in [0.1, 0.15) is 0 Å². The SMILES string of the molecule is CC1CCN(S(=O)(=O)c2ccc(C(=O)CNc3ccc(S(=O)(=O)N4CCC(Cc5ccccc5)CC4)cc3)cc2)CC1. The molecule has 0 amide bonds. The summed E-state index contributed by atoms with van der Waals surface area (Å²) in [6, 6.07) is 22.8. The Bertz CT molecular complexity index is 1560. The number of nitrogens with one attached hydrogen (secondary N) is 1. The van der Waals surface area contributed by atoms with Crippen molar-refractivity contribution in [1.82, 2.24) is 8.61 Å². The molecule has 0 bridgehead atoms. The monoisotopic (exact) mass is 609 g/mol. The van der Waals surface area contributed by atoms with E-state index in [1.165, 1.54) is 22.0 Å². The number of rotatable bonds is 10. The highest BCUT2D eigenvalue weighted by Crippen LogP contribution is 2.27. The van der Waals surface area contributed by atoms with Gasteiger partial charge in [-0.15, -0.1) is 0 Å².